The summed E-state index contributed by atoms with van der Waals surface area (Å²) in [6.07, 6.45) is 7.86. The molecular formula is C22H22N2O2. The van der Waals surface area contributed by atoms with Gasteiger partial charge in [0.15, 0.2) is 0 Å². The molecule has 0 bridgehead atoms. The number of unbranched alkanes of at least 4 members (excludes halogenated alkanes) is 2. The Hall–Kier alpha value is -3.01. The van der Waals surface area contributed by atoms with Gasteiger partial charge >= 0.3 is 0 Å². The normalized spacial score (nSPS) is 14.3. The van der Waals surface area contributed by atoms with Crippen LogP contribution in [0, 0.1) is 0 Å². The lowest BCUT2D eigenvalue weighted by molar-refractivity contribution is 0.0660. The largest absolute Gasteiger partial charge is 0.282 e. The average Bonchev–Trinajstić information content (AvgIpc) is 2.91. The highest BCUT2D eigenvalue weighted by Crippen LogP contribution is 2.23. The van der Waals surface area contributed by atoms with Gasteiger partial charge < -0.3 is 0 Å². The summed E-state index contributed by atoms with van der Waals surface area (Å²) < 4.78 is 0. The van der Waals surface area contributed by atoms with Crippen LogP contribution in [-0.4, -0.2) is 23.0 Å². The first-order valence-corrected chi connectivity index (χ1v) is 8.98. The molecule has 0 saturated carbocycles. The molecule has 2 aromatic rings. The number of fused-ring (bicyclic) bond motifs is 1. The molecule has 3 rings (SSSR count). The van der Waals surface area contributed by atoms with E-state index in [1.54, 1.807) is 30.5 Å². The van der Waals surface area contributed by atoms with Gasteiger partial charge in [-0.3, -0.25) is 9.59 Å². The van der Waals surface area contributed by atoms with Crippen LogP contribution in [0.2, 0.25) is 0 Å². The fourth-order valence-electron chi connectivity index (χ4n) is 2.93. The first-order valence-electron chi connectivity index (χ1n) is 8.98. The smallest absolute Gasteiger partial charge is 0.267 e. The minimum atomic E-state index is -0.366. The van der Waals surface area contributed by atoms with E-state index in [1.807, 2.05) is 30.3 Å². The number of hydrogen-bond donors (Lipinski definition) is 0. The summed E-state index contributed by atoms with van der Waals surface area (Å²) in [5.41, 5.74) is 2.90. The third kappa shape index (κ3) is 3.97. The lowest BCUT2D eigenvalue weighted by Crippen LogP contribution is -2.24. The molecular weight excluding hydrogens is 324 g/mol. The first-order chi connectivity index (χ1) is 12.7. The number of carbonyl (C=O) groups excluding carboxylic acids is 2. The van der Waals surface area contributed by atoms with Gasteiger partial charge in [0.1, 0.15) is 0 Å². The van der Waals surface area contributed by atoms with Crippen molar-refractivity contribution in [3.63, 3.8) is 0 Å². The van der Waals surface area contributed by atoms with Crippen LogP contribution >= 0.6 is 0 Å². The molecule has 0 unspecified atom stereocenters. The van der Waals surface area contributed by atoms with Crippen molar-refractivity contribution in [2.45, 2.75) is 32.6 Å². The van der Waals surface area contributed by atoms with Gasteiger partial charge in [-0.15, -0.1) is 0 Å². The number of nitrogens with zero attached hydrogens (tertiary/aromatic N) is 2. The van der Waals surface area contributed by atoms with E-state index in [-0.39, 0.29) is 11.8 Å². The molecule has 4 heteroatoms. The predicted octanol–water partition coefficient (Wildman–Crippen LogP) is 4.93. The van der Waals surface area contributed by atoms with Crippen LogP contribution in [0.5, 0.6) is 0 Å². The Labute approximate surface area is 153 Å². The monoisotopic (exact) mass is 346 g/mol. The van der Waals surface area contributed by atoms with Crippen LogP contribution in [0.4, 0.5) is 0 Å². The molecule has 0 spiro atoms. The van der Waals surface area contributed by atoms with Gasteiger partial charge in [0, 0.05) is 0 Å². The summed E-state index contributed by atoms with van der Waals surface area (Å²) in [6.45, 7) is 2.16. The van der Waals surface area contributed by atoms with Gasteiger partial charge in [-0.25, -0.2) is 0 Å². The van der Waals surface area contributed by atoms with Gasteiger partial charge in [-0.1, -0.05) is 68.3 Å². The van der Waals surface area contributed by atoms with Crippen molar-refractivity contribution in [3.8, 4) is 0 Å². The Kier molecular flexibility index (Phi) is 5.74. The zero-order valence-corrected chi connectivity index (χ0v) is 14.9. The highest BCUT2D eigenvalue weighted by molar-refractivity contribution is 6.21. The highest BCUT2D eigenvalue weighted by Gasteiger charge is 2.35. The third-order valence-electron chi connectivity index (χ3n) is 4.33. The molecule has 2 amide bonds. The van der Waals surface area contributed by atoms with E-state index in [0.717, 1.165) is 41.8 Å². The molecule has 0 fully saturated rings. The minimum absolute atomic E-state index is 0.366. The van der Waals surface area contributed by atoms with Crippen molar-refractivity contribution in [3.05, 3.63) is 76.9 Å². The van der Waals surface area contributed by atoms with Gasteiger partial charge in [0.25, 0.3) is 11.8 Å². The summed E-state index contributed by atoms with van der Waals surface area (Å²) >= 11 is 0. The average molecular weight is 346 g/mol. The molecule has 2 aromatic carbocycles. The Morgan fingerprint density at radius 1 is 0.923 bits per heavy atom. The number of hydrogen-bond acceptors (Lipinski definition) is 3. The summed E-state index contributed by atoms with van der Waals surface area (Å²) in [7, 11) is 0. The van der Waals surface area contributed by atoms with Crippen molar-refractivity contribution >= 4 is 24.1 Å². The van der Waals surface area contributed by atoms with E-state index in [4.69, 9.17) is 0 Å². The predicted molar refractivity (Wildman–Crippen MR) is 104 cm³/mol. The van der Waals surface area contributed by atoms with Gasteiger partial charge in [-0.05, 0) is 36.1 Å². The Morgan fingerprint density at radius 3 is 2.15 bits per heavy atom. The number of benzene rings is 2. The number of allylic oxidation sites excluding steroid dienone is 1. The van der Waals surface area contributed by atoms with E-state index in [9.17, 15) is 9.59 Å². The van der Waals surface area contributed by atoms with Crippen molar-refractivity contribution in [1.29, 1.82) is 0 Å². The van der Waals surface area contributed by atoms with E-state index >= 15 is 0 Å². The molecule has 1 heterocycles. The lowest BCUT2D eigenvalue weighted by Gasteiger charge is -2.07. The van der Waals surface area contributed by atoms with E-state index in [2.05, 4.69) is 18.1 Å². The standard InChI is InChI=1S/C22H22N2O2/c1-2-3-5-12-18(15-17-10-6-4-7-11-17)16-23-24-21(25)19-13-8-9-14-20(19)22(24)26/h4,6-11,13-16H,2-3,5,12H2,1H3/b18-15+,23-16-. The first kappa shape index (κ1) is 17.8. The Balaban J connectivity index is 1.81. The molecule has 0 atom stereocenters. The van der Waals surface area contributed by atoms with E-state index < -0.39 is 0 Å². The van der Waals surface area contributed by atoms with Crippen LogP contribution in [0.25, 0.3) is 6.08 Å². The maximum Gasteiger partial charge on any atom is 0.282 e. The minimum Gasteiger partial charge on any atom is -0.267 e. The topological polar surface area (TPSA) is 49.7 Å². The van der Waals surface area contributed by atoms with Crippen LogP contribution in [0.1, 0.15) is 58.9 Å². The Bertz CT molecular complexity index is 818. The van der Waals surface area contributed by atoms with Crippen LogP contribution < -0.4 is 0 Å². The van der Waals surface area contributed by atoms with Crippen LogP contribution in [-0.2, 0) is 0 Å². The van der Waals surface area contributed by atoms with Crippen molar-refractivity contribution in [2.24, 2.45) is 5.10 Å². The molecule has 0 radical (unpaired) electrons. The van der Waals surface area contributed by atoms with Gasteiger partial charge in [0.05, 0.1) is 17.3 Å². The molecule has 4 nitrogen and oxygen atoms in total. The molecule has 0 N–H and O–H groups in total. The van der Waals surface area contributed by atoms with Crippen molar-refractivity contribution in [2.75, 3.05) is 0 Å². The third-order valence-corrected chi connectivity index (χ3v) is 4.33. The number of rotatable bonds is 7. The summed E-state index contributed by atoms with van der Waals surface area (Å²) in [6, 6.07) is 16.8. The Morgan fingerprint density at radius 2 is 1.54 bits per heavy atom. The number of amides is 2. The van der Waals surface area contributed by atoms with Crippen LogP contribution in [0.15, 0.2) is 65.3 Å². The molecule has 26 heavy (non-hydrogen) atoms. The maximum absolute atomic E-state index is 12.4. The van der Waals surface area contributed by atoms with Crippen LogP contribution in [0.3, 0.4) is 0 Å². The van der Waals surface area contributed by atoms with Crippen molar-refractivity contribution < 1.29 is 9.59 Å². The summed E-state index contributed by atoms with van der Waals surface area (Å²) in [4.78, 5) is 24.8. The highest BCUT2D eigenvalue weighted by atomic mass is 16.2. The second-order valence-electron chi connectivity index (χ2n) is 6.30. The molecule has 0 saturated heterocycles. The zero-order valence-electron chi connectivity index (χ0n) is 14.9. The summed E-state index contributed by atoms with van der Waals surface area (Å²) in [5, 5.41) is 5.18. The van der Waals surface area contributed by atoms with Crippen molar-refractivity contribution in [1.82, 2.24) is 5.01 Å². The maximum atomic E-state index is 12.4. The fourth-order valence-corrected chi connectivity index (χ4v) is 2.93. The molecule has 0 aromatic heterocycles. The SMILES string of the molecule is CCCCCC(/C=N\N1C(=O)c2ccccc2C1=O)=C\c1ccccc1. The number of imide groups is 1. The number of hydrazone groups is 1. The van der Waals surface area contributed by atoms with Gasteiger partial charge in [-0.2, -0.15) is 10.1 Å². The second-order valence-corrected chi connectivity index (χ2v) is 6.30. The molecule has 1 aliphatic heterocycles. The van der Waals surface area contributed by atoms with Gasteiger partial charge in [0.2, 0.25) is 0 Å². The summed E-state index contributed by atoms with van der Waals surface area (Å²) in [5.74, 6) is -0.732. The zero-order chi connectivity index (χ0) is 18.4. The van der Waals surface area contributed by atoms with E-state index in [1.165, 1.54) is 0 Å². The number of carbonyl (C=O) groups is 2. The second kappa shape index (κ2) is 8.39. The molecule has 0 aliphatic carbocycles. The fraction of sp³-hybridized carbons (Fsp3) is 0.227. The lowest BCUT2D eigenvalue weighted by atomic mass is 10.1. The molecule has 1 aliphatic rings. The quantitative estimate of drug-likeness (QED) is 0.405. The molecule has 132 valence electrons. The van der Waals surface area contributed by atoms with E-state index in [0.29, 0.717) is 11.1 Å².